The van der Waals surface area contributed by atoms with Gasteiger partial charge in [0.2, 0.25) is 15.9 Å². The van der Waals surface area contributed by atoms with Crippen LogP contribution in [0.4, 0.5) is 5.69 Å². The van der Waals surface area contributed by atoms with Gasteiger partial charge in [-0.05, 0) is 68.6 Å². The first-order chi connectivity index (χ1) is 16.1. The maximum atomic E-state index is 13.2. The molecule has 2 aromatic rings. The first-order valence-electron chi connectivity index (χ1n) is 11.5. The second-order valence-electron chi connectivity index (χ2n) is 8.81. The summed E-state index contributed by atoms with van der Waals surface area (Å²) in [5.41, 5.74) is 3.61. The largest absolute Gasteiger partial charge is 0.496 e. The zero-order valence-electron chi connectivity index (χ0n) is 20.7. The van der Waals surface area contributed by atoms with E-state index in [-0.39, 0.29) is 23.1 Å². The van der Waals surface area contributed by atoms with Crippen molar-refractivity contribution in [2.24, 2.45) is 0 Å². The SMILES string of the molecule is COc1ccc(NC(=O)CN(C)Cc2cc(C)c(OC)c(C)c2)cc1S(=O)(=O)N1CCCCC1. The summed E-state index contributed by atoms with van der Waals surface area (Å²) in [6.07, 6.45) is 2.72. The molecule has 1 amide bonds. The van der Waals surface area contributed by atoms with Gasteiger partial charge in [-0.2, -0.15) is 4.31 Å². The lowest BCUT2D eigenvalue weighted by atomic mass is 10.1. The van der Waals surface area contributed by atoms with Gasteiger partial charge in [-0.1, -0.05) is 18.6 Å². The second kappa shape index (κ2) is 11.2. The van der Waals surface area contributed by atoms with Crippen LogP contribution in [0.3, 0.4) is 0 Å². The molecule has 0 aliphatic carbocycles. The number of sulfonamides is 1. The van der Waals surface area contributed by atoms with Crippen LogP contribution in [-0.4, -0.2) is 64.4 Å². The summed E-state index contributed by atoms with van der Waals surface area (Å²) in [7, 11) is 1.27. The predicted octanol–water partition coefficient (Wildman–Crippen LogP) is 3.57. The number of nitrogens with zero attached hydrogens (tertiary/aromatic N) is 2. The van der Waals surface area contributed by atoms with Crippen LogP contribution in [0.25, 0.3) is 0 Å². The highest BCUT2D eigenvalue weighted by atomic mass is 32.2. The van der Waals surface area contributed by atoms with E-state index in [1.54, 1.807) is 19.2 Å². The number of methoxy groups -OCH3 is 2. The lowest BCUT2D eigenvalue weighted by Crippen LogP contribution is -2.35. The number of amides is 1. The molecule has 1 aliphatic heterocycles. The molecular formula is C25H35N3O5S. The van der Waals surface area contributed by atoms with Crippen molar-refractivity contribution < 1.29 is 22.7 Å². The first kappa shape index (κ1) is 26.0. The number of piperidine rings is 1. The molecule has 1 saturated heterocycles. The van der Waals surface area contributed by atoms with E-state index < -0.39 is 10.0 Å². The molecule has 34 heavy (non-hydrogen) atoms. The minimum absolute atomic E-state index is 0.0761. The summed E-state index contributed by atoms with van der Waals surface area (Å²) in [4.78, 5) is 14.7. The Kier molecular flexibility index (Phi) is 8.57. The first-order valence-corrected chi connectivity index (χ1v) is 12.9. The number of rotatable bonds is 9. The van der Waals surface area contributed by atoms with Gasteiger partial charge in [-0.25, -0.2) is 8.42 Å². The summed E-state index contributed by atoms with van der Waals surface area (Å²) in [6, 6.07) is 8.83. The average Bonchev–Trinajstić information content (AvgIpc) is 2.79. The number of aryl methyl sites for hydroxylation is 2. The quantitative estimate of drug-likeness (QED) is 0.579. The normalized spacial score (nSPS) is 14.8. The molecule has 1 fully saturated rings. The van der Waals surface area contributed by atoms with Crippen LogP contribution in [-0.2, 0) is 21.4 Å². The third-order valence-electron chi connectivity index (χ3n) is 5.97. The monoisotopic (exact) mass is 489 g/mol. The van der Waals surface area contributed by atoms with Crippen LogP contribution in [0.15, 0.2) is 35.2 Å². The Labute approximate surface area is 202 Å². The van der Waals surface area contributed by atoms with Gasteiger partial charge >= 0.3 is 0 Å². The molecule has 2 aromatic carbocycles. The van der Waals surface area contributed by atoms with E-state index in [0.717, 1.165) is 41.7 Å². The molecule has 9 heteroatoms. The lowest BCUT2D eigenvalue weighted by molar-refractivity contribution is -0.117. The van der Waals surface area contributed by atoms with Gasteiger partial charge in [-0.3, -0.25) is 9.69 Å². The van der Waals surface area contributed by atoms with Gasteiger partial charge < -0.3 is 14.8 Å². The third kappa shape index (κ3) is 6.08. The smallest absolute Gasteiger partial charge is 0.246 e. The number of carbonyl (C=O) groups excluding carboxylic acids is 1. The summed E-state index contributed by atoms with van der Waals surface area (Å²) in [5.74, 6) is 0.917. The molecule has 0 spiro atoms. The van der Waals surface area contributed by atoms with Crippen LogP contribution < -0.4 is 14.8 Å². The molecule has 0 saturated carbocycles. The molecule has 1 heterocycles. The third-order valence-corrected chi connectivity index (χ3v) is 7.89. The van der Waals surface area contributed by atoms with Gasteiger partial charge in [0.15, 0.2) is 0 Å². The Bertz CT molecular complexity index is 1100. The van der Waals surface area contributed by atoms with Crippen LogP contribution in [0, 0.1) is 13.8 Å². The summed E-state index contributed by atoms with van der Waals surface area (Å²) < 4.78 is 38.6. The zero-order valence-corrected chi connectivity index (χ0v) is 21.5. The minimum atomic E-state index is -3.70. The van der Waals surface area contributed by atoms with Crippen molar-refractivity contribution >= 4 is 21.6 Å². The van der Waals surface area contributed by atoms with Crippen molar-refractivity contribution in [3.05, 3.63) is 47.0 Å². The van der Waals surface area contributed by atoms with Gasteiger partial charge in [0.25, 0.3) is 0 Å². The van der Waals surface area contributed by atoms with E-state index in [9.17, 15) is 13.2 Å². The minimum Gasteiger partial charge on any atom is -0.496 e. The van der Waals surface area contributed by atoms with Crippen LogP contribution in [0.2, 0.25) is 0 Å². The maximum Gasteiger partial charge on any atom is 0.246 e. The van der Waals surface area contributed by atoms with E-state index in [4.69, 9.17) is 9.47 Å². The second-order valence-corrected chi connectivity index (χ2v) is 10.7. The number of nitrogens with one attached hydrogen (secondary N) is 1. The fourth-order valence-electron chi connectivity index (χ4n) is 4.47. The van der Waals surface area contributed by atoms with E-state index in [0.29, 0.717) is 25.3 Å². The molecule has 1 aliphatic rings. The van der Waals surface area contributed by atoms with Crippen LogP contribution in [0.1, 0.15) is 36.0 Å². The highest BCUT2D eigenvalue weighted by Crippen LogP contribution is 2.31. The fourth-order valence-corrected chi connectivity index (χ4v) is 6.17. The standard InChI is InChI=1S/C25H35N3O5S/c1-18-13-20(14-19(2)25(18)33-5)16-27(3)17-24(29)26-21-9-10-22(32-4)23(15-21)34(30,31)28-11-7-6-8-12-28/h9-10,13-15H,6-8,11-12,16-17H2,1-5H3,(H,26,29). The lowest BCUT2D eigenvalue weighted by Gasteiger charge is -2.26. The number of likely N-dealkylation sites (N-methyl/N-ethyl adjacent to an activating group) is 1. The number of ether oxygens (including phenoxy) is 2. The molecule has 0 atom stereocenters. The van der Waals surface area contributed by atoms with Crippen molar-refractivity contribution in [3.8, 4) is 11.5 Å². The molecule has 186 valence electrons. The van der Waals surface area contributed by atoms with Gasteiger partial charge in [0.1, 0.15) is 16.4 Å². The summed E-state index contributed by atoms with van der Waals surface area (Å²) in [6.45, 7) is 5.75. The molecule has 3 rings (SSSR count). The predicted molar refractivity (Wildman–Crippen MR) is 133 cm³/mol. The number of carbonyl (C=O) groups is 1. The van der Waals surface area contributed by atoms with E-state index in [1.165, 1.54) is 17.5 Å². The van der Waals surface area contributed by atoms with Crippen LogP contribution in [0.5, 0.6) is 11.5 Å². The topological polar surface area (TPSA) is 88.2 Å². The molecule has 0 radical (unpaired) electrons. The van der Waals surface area contributed by atoms with E-state index in [1.807, 2.05) is 25.8 Å². The molecule has 0 aromatic heterocycles. The zero-order chi connectivity index (χ0) is 24.9. The molecule has 0 bridgehead atoms. The Hall–Kier alpha value is -2.62. The number of anilines is 1. The van der Waals surface area contributed by atoms with E-state index in [2.05, 4.69) is 17.4 Å². The summed E-state index contributed by atoms with van der Waals surface area (Å²) >= 11 is 0. The molecule has 0 unspecified atom stereocenters. The number of hydrogen-bond acceptors (Lipinski definition) is 6. The summed E-state index contributed by atoms with van der Waals surface area (Å²) in [5, 5.41) is 2.83. The van der Waals surface area contributed by atoms with Crippen molar-refractivity contribution in [1.29, 1.82) is 0 Å². The number of hydrogen-bond donors (Lipinski definition) is 1. The van der Waals surface area contributed by atoms with Gasteiger partial charge in [-0.15, -0.1) is 0 Å². The Morgan fingerprint density at radius 3 is 2.26 bits per heavy atom. The fraction of sp³-hybridized carbons (Fsp3) is 0.480. The average molecular weight is 490 g/mol. The molecular weight excluding hydrogens is 454 g/mol. The number of benzene rings is 2. The van der Waals surface area contributed by atoms with Gasteiger partial charge in [0.05, 0.1) is 20.8 Å². The Morgan fingerprint density at radius 1 is 1.03 bits per heavy atom. The van der Waals surface area contributed by atoms with E-state index >= 15 is 0 Å². The molecule has 8 nitrogen and oxygen atoms in total. The van der Waals surface area contributed by atoms with Crippen LogP contribution >= 0.6 is 0 Å². The van der Waals surface area contributed by atoms with Crippen molar-refractivity contribution in [2.75, 3.05) is 46.2 Å². The highest BCUT2D eigenvalue weighted by Gasteiger charge is 2.29. The van der Waals surface area contributed by atoms with Crippen molar-refractivity contribution in [2.45, 2.75) is 44.6 Å². The Morgan fingerprint density at radius 2 is 1.68 bits per heavy atom. The Balaban J connectivity index is 1.69. The van der Waals surface area contributed by atoms with Crippen molar-refractivity contribution in [3.63, 3.8) is 0 Å². The van der Waals surface area contributed by atoms with Gasteiger partial charge in [0, 0.05) is 25.3 Å². The molecule has 1 N–H and O–H groups in total. The van der Waals surface area contributed by atoms with Crippen molar-refractivity contribution in [1.82, 2.24) is 9.21 Å². The maximum absolute atomic E-state index is 13.2. The highest BCUT2D eigenvalue weighted by molar-refractivity contribution is 7.89.